The van der Waals surface area contributed by atoms with E-state index >= 15 is 0 Å². The molecule has 2 nitrogen and oxygen atoms in total. The zero-order valence-corrected chi connectivity index (χ0v) is 9.52. The third-order valence-corrected chi connectivity index (χ3v) is 3.44. The van der Waals surface area contributed by atoms with E-state index in [-0.39, 0.29) is 0 Å². The molecule has 0 aromatic heterocycles. The van der Waals surface area contributed by atoms with Crippen LogP contribution >= 0.6 is 0 Å². The summed E-state index contributed by atoms with van der Waals surface area (Å²) in [6.45, 7) is 0.482. The Labute approximate surface area is 97.3 Å². The van der Waals surface area contributed by atoms with Gasteiger partial charge in [-0.2, -0.15) is 5.26 Å². The summed E-state index contributed by atoms with van der Waals surface area (Å²) in [6, 6.07) is 13.4. The van der Waals surface area contributed by atoms with E-state index in [1.165, 1.54) is 24.8 Å². The van der Waals surface area contributed by atoms with Crippen molar-refractivity contribution in [3.63, 3.8) is 0 Å². The molecule has 1 aliphatic rings. The Morgan fingerprint density at radius 2 is 2.06 bits per heavy atom. The fourth-order valence-electron chi connectivity index (χ4n) is 2.64. The third-order valence-electron chi connectivity index (χ3n) is 3.44. The quantitative estimate of drug-likeness (QED) is 0.782. The van der Waals surface area contributed by atoms with E-state index in [2.05, 4.69) is 41.7 Å². The van der Waals surface area contributed by atoms with Gasteiger partial charge in [-0.05, 0) is 30.7 Å². The number of hydrogen-bond donors (Lipinski definition) is 1. The van der Waals surface area contributed by atoms with Gasteiger partial charge in [0.2, 0.25) is 0 Å². The smallest absolute Gasteiger partial charge is 0.0843 e. The van der Waals surface area contributed by atoms with Gasteiger partial charge in [-0.3, -0.25) is 0 Å². The van der Waals surface area contributed by atoms with Gasteiger partial charge in [-0.1, -0.05) is 36.8 Å². The normalized spacial score (nSPS) is 24.2. The molecule has 1 aliphatic carbocycles. The van der Waals surface area contributed by atoms with Crippen LogP contribution < -0.4 is 5.32 Å². The molecule has 0 spiro atoms. The molecule has 0 unspecified atom stereocenters. The molecule has 0 saturated heterocycles. The molecule has 0 bridgehead atoms. The molecular formula is C14H18N2. The topological polar surface area (TPSA) is 35.8 Å². The Balaban J connectivity index is 1.91. The van der Waals surface area contributed by atoms with Gasteiger partial charge in [0.25, 0.3) is 0 Å². The lowest BCUT2D eigenvalue weighted by molar-refractivity contribution is 0.413. The van der Waals surface area contributed by atoms with Crippen LogP contribution in [-0.2, 0) is 6.42 Å². The molecule has 16 heavy (non-hydrogen) atoms. The maximum Gasteiger partial charge on any atom is 0.0843 e. The first-order valence-corrected chi connectivity index (χ1v) is 6.04. The van der Waals surface area contributed by atoms with Crippen LogP contribution in [0.25, 0.3) is 0 Å². The molecule has 2 atom stereocenters. The van der Waals surface area contributed by atoms with Crippen LogP contribution in [0, 0.1) is 17.2 Å². The van der Waals surface area contributed by atoms with Crippen LogP contribution in [0.1, 0.15) is 24.8 Å². The monoisotopic (exact) mass is 214 g/mol. The minimum Gasteiger partial charge on any atom is -0.301 e. The molecule has 2 rings (SSSR count). The molecule has 1 fully saturated rings. The van der Waals surface area contributed by atoms with Gasteiger partial charge in [0.1, 0.15) is 0 Å². The summed E-state index contributed by atoms with van der Waals surface area (Å²) in [6.07, 6.45) is 4.95. The lowest BCUT2D eigenvalue weighted by Crippen LogP contribution is -2.33. The standard InChI is InChI=1S/C14H18N2/c15-9-10-16-14-8-4-7-13(14)11-12-5-2-1-3-6-12/h1-3,5-6,13-14,16H,4,7-8,10-11H2/t13-,14+/m1/s1. The minimum absolute atomic E-state index is 0.482. The molecule has 84 valence electrons. The lowest BCUT2D eigenvalue weighted by Gasteiger charge is -2.19. The van der Waals surface area contributed by atoms with Crippen molar-refractivity contribution < 1.29 is 0 Å². The first-order valence-electron chi connectivity index (χ1n) is 6.04. The highest BCUT2D eigenvalue weighted by Gasteiger charge is 2.26. The van der Waals surface area contributed by atoms with Crippen molar-refractivity contribution >= 4 is 0 Å². The van der Waals surface area contributed by atoms with Crippen LogP contribution in [0.3, 0.4) is 0 Å². The maximum atomic E-state index is 8.59. The Morgan fingerprint density at radius 3 is 2.81 bits per heavy atom. The van der Waals surface area contributed by atoms with E-state index in [0.29, 0.717) is 18.5 Å². The zero-order valence-electron chi connectivity index (χ0n) is 9.52. The van der Waals surface area contributed by atoms with Gasteiger partial charge in [-0.15, -0.1) is 0 Å². The maximum absolute atomic E-state index is 8.59. The van der Waals surface area contributed by atoms with Gasteiger partial charge in [0, 0.05) is 6.04 Å². The van der Waals surface area contributed by atoms with Gasteiger partial charge >= 0.3 is 0 Å². The number of nitriles is 1. The van der Waals surface area contributed by atoms with E-state index < -0.39 is 0 Å². The average molecular weight is 214 g/mol. The van der Waals surface area contributed by atoms with E-state index in [0.717, 1.165) is 6.42 Å². The van der Waals surface area contributed by atoms with E-state index in [1.54, 1.807) is 0 Å². The summed E-state index contributed by atoms with van der Waals surface area (Å²) in [4.78, 5) is 0. The Bertz CT molecular complexity index is 353. The van der Waals surface area contributed by atoms with Crippen LogP contribution in [-0.4, -0.2) is 12.6 Å². The van der Waals surface area contributed by atoms with Crippen LogP contribution in [0.15, 0.2) is 30.3 Å². The highest BCUT2D eigenvalue weighted by molar-refractivity contribution is 5.16. The predicted molar refractivity (Wildman–Crippen MR) is 64.9 cm³/mol. The van der Waals surface area contributed by atoms with Crippen LogP contribution in [0.2, 0.25) is 0 Å². The van der Waals surface area contributed by atoms with Gasteiger partial charge in [-0.25, -0.2) is 0 Å². The molecular weight excluding hydrogens is 196 g/mol. The highest BCUT2D eigenvalue weighted by Crippen LogP contribution is 2.28. The number of nitrogens with one attached hydrogen (secondary N) is 1. The first kappa shape index (κ1) is 11.2. The number of benzene rings is 1. The fraction of sp³-hybridized carbons (Fsp3) is 0.500. The van der Waals surface area contributed by atoms with Crippen molar-refractivity contribution in [2.24, 2.45) is 5.92 Å². The summed E-state index contributed by atoms with van der Waals surface area (Å²) in [5, 5.41) is 11.9. The molecule has 0 amide bonds. The van der Waals surface area contributed by atoms with Crippen molar-refractivity contribution in [1.82, 2.24) is 5.32 Å². The lowest BCUT2D eigenvalue weighted by atomic mass is 9.95. The summed E-state index contributed by atoms with van der Waals surface area (Å²) in [7, 11) is 0. The summed E-state index contributed by atoms with van der Waals surface area (Å²) < 4.78 is 0. The highest BCUT2D eigenvalue weighted by atomic mass is 14.9. The molecule has 1 aromatic carbocycles. The molecule has 1 aromatic rings. The predicted octanol–water partition coefficient (Wildman–Crippen LogP) is 2.51. The van der Waals surface area contributed by atoms with Crippen molar-refractivity contribution in [1.29, 1.82) is 5.26 Å². The van der Waals surface area contributed by atoms with E-state index in [1.807, 2.05) is 0 Å². The Kier molecular flexibility index (Phi) is 3.96. The van der Waals surface area contributed by atoms with Crippen LogP contribution in [0.4, 0.5) is 0 Å². The molecule has 1 saturated carbocycles. The Morgan fingerprint density at radius 1 is 1.25 bits per heavy atom. The average Bonchev–Trinajstić information content (AvgIpc) is 2.75. The zero-order chi connectivity index (χ0) is 11.2. The number of nitrogens with zero attached hydrogens (tertiary/aromatic N) is 1. The summed E-state index contributed by atoms with van der Waals surface area (Å²) >= 11 is 0. The SMILES string of the molecule is N#CCN[C@H]1CCC[C@@H]1Cc1ccccc1. The molecule has 1 N–H and O–H groups in total. The van der Waals surface area contributed by atoms with E-state index in [9.17, 15) is 0 Å². The summed E-state index contributed by atoms with van der Waals surface area (Å²) in [5.74, 6) is 0.704. The van der Waals surface area contributed by atoms with Gasteiger partial charge < -0.3 is 5.32 Å². The van der Waals surface area contributed by atoms with Crippen molar-refractivity contribution in [3.8, 4) is 6.07 Å². The fourth-order valence-corrected chi connectivity index (χ4v) is 2.64. The second kappa shape index (κ2) is 5.67. The minimum atomic E-state index is 0.482. The number of rotatable bonds is 4. The van der Waals surface area contributed by atoms with Crippen LogP contribution in [0.5, 0.6) is 0 Å². The van der Waals surface area contributed by atoms with Gasteiger partial charge in [0.05, 0.1) is 12.6 Å². The van der Waals surface area contributed by atoms with Crippen molar-refractivity contribution in [2.75, 3.05) is 6.54 Å². The molecule has 0 aliphatic heterocycles. The molecule has 0 radical (unpaired) electrons. The summed E-state index contributed by atoms with van der Waals surface area (Å²) in [5.41, 5.74) is 1.41. The Hall–Kier alpha value is -1.33. The van der Waals surface area contributed by atoms with Crippen molar-refractivity contribution in [3.05, 3.63) is 35.9 Å². The first-order chi connectivity index (χ1) is 7.90. The second-order valence-corrected chi connectivity index (χ2v) is 4.53. The molecule has 2 heteroatoms. The third kappa shape index (κ3) is 2.84. The second-order valence-electron chi connectivity index (χ2n) is 4.53. The van der Waals surface area contributed by atoms with Crippen molar-refractivity contribution in [2.45, 2.75) is 31.7 Å². The number of hydrogen-bond acceptors (Lipinski definition) is 2. The van der Waals surface area contributed by atoms with Gasteiger partial charge in [0.15, 0.2) is 0 Å². The largest absolute Gasteiger partial charge is 0.301 e. The molecule has 0 heterocycles. The van der Waals surface area contributed by atoms with E-state index in [4.69, 9.17) is 5.26 Å².